The molecule has 2 N–H and O–H groups in total. The number of nitrogens with two attached hydrogens (primary N) is 1. The molecule has 1 aliphatic carbocycles. The molecule has 17 heavy (non-hydrogen) atoms. The smallest absolute Gasteiger partial charge is 0.243 e. The number of hydrogen-bond donors (Lipinski definition) is 1. The Morgan fingerprint density at radius 1 is 1.41 bits per heavy atom. The van der Waals surface area contributed by atoms with E-state index < -0.39 is 0 Å². The van der Waals surface area contributed by atoms with Crippen LogP contribution in [0, 0.1) is 0 Å². The standard InChI is InChI=1S/C12H21N3OS/c1-17-8-7-10(13)12-14-11(15-16-12)9-5-3-2-4-6-9/h9-10H,2-8,13H2,1H3. The van der Waals surface area contributed by atoms with Crippen molar-refractivity contribution in [2.75, 3.05) is 12.0 Å². The minimum atomic E-state index is -0.104. The Bertz CT molecular complexity index is 336. The second-order valence-corrected chi connectivity index (χ2v) is 5.70. The van der Waals surface area contributed by atoms with Gasteiger partial charge < -0.3 is 10.3 Å². The van der Waals surface area contributed by atoms with E-state index in [0.717, 1.165) is 18.0 Å². The van der Waals surface area contributed by atoms with Gasteiger partial charge in [0.2, 0.25) is 5.89 Å². The molecule has 1 heterocycles. The van der Waals surface area contributed by atoms with Crippen LogP contribution in [0.5, 0.6) is 0 Å². The maximum atomic E-state index is 6.01. The summed E-state index contributed by atoms with van der Waals surface area (Å²) in [5, 5.41) is 4.10. The van der Waals surface area contributed by atoms with Crippen LogP contribution in [-0.2, 0) is 0 Å². The molecule has 1 atom stereocenters. The fourth-order valence-electron chi connectivity index (χ4n) is 2.29. The van der Waals surface area contributed by atoms with Gasteiger partial charge in [0.25, 0.3) is 0 Å². The largest absolute Gasteiger partial charge is 0.338 e. The van der Waals surface area contributed by atoms with Crippen molar-refractivity contribution >= 4 is 11.8 Å². The van der Waals surface area contributed by atoms with Crippen LogP contribution in [-0.4, -0.2) is 22.1 Å². The van der Waals surface area contributed by atoms with Crippen LogP contribution >= 0.6 is 11.8 Å². The molecular weight excluding hydrogens is 234 g/mol. The zero-order chi connectivity index (χ0) is 12.1. The van der Waals surface area contributed by atoms with Crippen molar-refractivity contribution in [3.8, 4) is 0 Å². The second-order valence-electron chi connectivity index (χ2n) is 4.71. The van der Waals surface area contributed by atoms with Crippen LogP contribution in [0.25, 0.3) is 0 Å². The summed E-state index contributed by atoms with van der Waals surface area (Å²) in [5.74, 6) is 3.01. The average Bonchev–Trinajstić information content (AvgIpc) is 2.86. The molecule has 0 amide bonds. The van der Waals surface area contributed by atoms with E-state index in [2.05, 4.69) is 16.4 Å². The zero-order valence-corrected chi connectivity index (χ0v) is 11.2. The van der Waals surface area contributed by atoms with Crippen molar-refractivity contribution in [2.45, 2.75) is 50.5 Å². The Kier molecular flexibility index (Phi) is 4.86. The molecule has 1 unspecified atom stereocenters. The van der Waals surface area contributed by atoms with Gasteiger partial charge in [-0.05, 0) is 31.3 Å². The Morgan fingerprint density at radius 3 is 2.88 bits per heavy atom. The Morgan fingerprint density at radius 2 is 2.18 bits per heavy atom. The first-order chi connectivity index (χ1) is 8.31. The first-order valence-electron chi connectivity index (χ1n) is 6.39. The summed E-state index contributed by atoms with van der Waals surface area (Å²) in [6, 6.07) is -0.104. The lowest BCUT2D eigenvalue weighted by Crippen LogP contribution is -2.12. The van der Waals surface area contributed by atoms with Crippen molar-refractivity contribution in [3.63, 3.8) is 0 Å². The lowest BCUT2D eigenvalue weighted by Gasteiger charge is -2.17. The predicted octanol–water partition coefficient (Wildman–Crippen LogP) is 2.87. The van der Waals surface area contributed by atoms with E-state index in [9.17, 15) is 0 Å². The maximum absolute atomic E-state index is 6.01. The summed E-state index contributed by atoms with van der Waals surface area (Å²) in [6.45, 7) is 0. The van der Waals surface area contributed by atoms with E-state index in [1.807, 2.05) is 0 Å². The van der Waals surface area contributed by atoms with Crippen LogP contribution < -0.4 is 5.73 Å². The van der Waals surface area contributed by atoms with Gasteiger partial charge in [-0.3, -0.25) is 0 Å². The van der Waals surface area contributed by atoms with Gasteiger partial charge in [0.15, 0.2) is 5.82 Å². The predicted molar refractivity (Wildman–Crippen MR) is 70.1 cm³/mol. The minimum absolute atomic E-state index is 0.104. The lowest BCUT2D eigenvalue weighted by atomic mass is 9.89. The topological polar surface area (TPSA) is 64.9 Å². The first kappa shape index (κ1) is 12.9. The average molecular weight is 255 g/mol. The van der Waals surface area contributed by atoms with Gasteiger partial charge >= 0.3 is 0 Å². The quantitative estimate of drug-likeness (QED) is 0.876. The Labute approximate surface area is 107 Å². The molecule has 5 heteroatoms. The van der Waals surface area contributed by atoms with E-state index in [1.165, 1.54) is 32.1 Å². The molecule has 4 nitrogen and oxygen atoms in total. The van der Waals surface area contributed by atoms with Gasteiger partial charge in [0.05, 0.1) is 6.04 Å². The van der Waals surface area contributed by atoms with Crippen LogP contribution in [0.15, 0.2) is 4.52 Å². The molecular formula is C12H21N3OS. The number of hydrogen-bond acceptors (Lipinski definition) is 5. The number of nitrogens with zero attached hydrogens (tertiary/aromatic N) is 2. The van der Waals surface area contributed by atoms with Crippen molar-refractivity contribution < 1.29 is 4.52 Å². The summed E-state index contributed by atoms with van der Waals surface area (Å²) in [7, 11) is 0. The van der Waals surface area contributed by atoms with Crippen LogP contribution in [0.2, 0.25) is 0 Å². The van der Waals surface area contributed by atoms with Crippen LogP contribution in [0.1, 0.15) is 62.2 Å². The molecule has 1 saturated carbocycles. The van der Waals surface area contributed by atoms with Gasteiger partial charge in [-0.25, -0.2) is 0 Å². The molecule has 0 spiro atoms. The Hall–Kier alpha value is -0.550. The van der Waals surface area contributed by atoms with Crippen molar-refractivity contribution in [3.05, 3.63) is 11.7 Å². The van der Waals surface area contributed by atoms with Crippen molar-refractivity contribution in [2.24, 2.45) is 5.73 Å². The molecule has 1 fully saturated rings. The summed E-state index contributed by atoms with van der Waals surface area (Å²) in [6.07, 6.45) is 9.27. The third-order valence-corrected chi connectivity index (χ3v) is 4.02. The van der Waals surface area contributed by atoms with Crippen LogP contribution in [0.4, 0.5) is 0 Å². The first-order valence-corrected chi connectivity index (χ1v) is 7.78. The number of rotatable bonds is 5. The molecule has 0 radical (unpaired) electrons. The zero-order valence-electron chi connectivity index (χ0n) is 10.4. The third kappa shape index (κ3) is 3.45. The van der Waals surface area contributed by atoms with E-state index in [-0.39, 0.29) is 6.04 Å². The van der Waals surface area contributed by atoms with E-state index >= 15 is 0 Å². The van der Waals surface area contributed by atoms with Crippen LogP contribution in [0.3, 0.4) is 0 Å². The van der Waals surface area contributed by atoms with Gasteiger partial charge in [0, 0.05) is 5.92 Å². The highest BCUT2D eigenvalue weighted by atomic mass is 32.2. The highest BCUT2D eigenvalue weighted by molar-refractivity contribution is 7.98. The molecule has 1 aromatic heterocycles. The summed E-state index contributed by atoms with van der Waals surface area (Å²) in [5.41, 5.74) is 6.01. The fourth-order valence-corrected chi connectivity index (χ4v) is 2.78. The molecule has 0 bridgehead atoms. The highest BCUT2D eigenvalue weighted by Gasteiger charge is 2.22. The fraction of sp³-hybridized carbons (Fsp3) is 0.833. The Balaban J connectivity index is 1.94. The molecule has 0 aromatic carbocycles. The SMILES string of the molecule is CSCCC(N)c1nc(C2CCCCC2)no1. The lowest BCUT2D eigenvalue weighted by molar-refractivity contribution is 0.340. The van der Waals surface area contributed by atoms with Crippen molar-refractivity contribution in [1.29, 1.82) is 0 Å². The van der Waals surface area contributed by atoms with E-state index in [1.54, 1.807) is 11.8 Å². The van der Waals surface area contributed by atoms with Gasteiger partial charge in [-0.2, -0.15) is 16.7 Å². The minimum Gasteiger partial charge on any atom is -0.338 e. The van der Waals surface area contributed by atoms with Gasteiger partial charge in [-0.15, -0.1) is 0 Å². The maximum Gasteiger partial charge on any atom is 0.243 e. The molecule has 0 aliphatic heterocycles. The highest BCUT2D eigenvalue weighted by Crippen LogP contribution is 2.31. The normalized spacial score (nSPS) is 19.4. The third-order valence-electron chi connectivity index (χ3n) is 3.38. The second kappa shape index (κ2) is 6.40. The molecule has 2 rings (SSSR count). The molecule has 96 valence electrons. The van der Waals surface area contributed by atoms with E-state index in [0.29, 0.717) is 11.8 Å². The van der Waals surface area contributed by atoms with Crippen molar-refractivity contribution in [1.82, 2.24) is 10.1 Å². The molecule has 1 aliphatic rings. The van der Waals surface area contributed by atoms with E-state index in [4.69, 9.17) is 10.3 Å². The number of thioether (sulfide) groups is 1. The summed E-state index contributed by atoms with van der Waals surface area (Å²) < 4.78 is 5.28. The molecule has 1 aromatic rings. The summed E-state index contributed by atoms with van der Waals surface area (Å²) >= 11 is 1.79. The number of aromatic nitrogens is 2. The van der Waals surface area contributed by atoms with Gasteiger partial charge in [0.1, 0.15) is 0 Å². The van der Waals surface area contributed by atoms with Gasteiger partial charge in [-0.1, -0.05) is 24.4 Å². The summed E-state index contributed by atoms with van der Waals surface area (Å²) in [4.78, 5) is 4.47. The molecule has 0 saturated heterocycles. The monoisotopic (exact) mass is 255 g/mol.